The molecular weight excluding hydrogens is 311 g/mol. The molecule has 0 bridgehead atoms. The van der Waals surface area contributed by atoms with Crippen LogP contribution < -0.4 is 5.63 Å². The van der Waals surface area contributed by atoms with Crippen molar-refractivity contribution in [2.75, 3.05) is 0 Å². The van der Waals surface area contributed by atoms with E-state index < -0.39 is 5.63 Å². The highest BCUT2D eigenvalue weighted by Crippen LogP contribution is 2.33. The molecule has 3 nitrogen and oxygen atoms in total. The maximum absolute atomic E-state index is 12.3. The molecule has 106 valence electrons. The minimum atomic E-state index is -0.477. The van der Waals surface area contributed by atoms with Gasteiger partial charge in [0.2, 0.25) is 0 Å². The van der Waals surface area contributed by atoms with E-state index >= 15 is 0 Å². The van der Waals surface area contributed by atoms with Gasteiger partial charge in [0.15, 0.2) is 5.58 Å². The largest absolute Gasteiger partial charge is 0.508 e. The first-order valence-corrected chi connectivity index (χ1v) is 6.95. The quantitative estimate of drug-likeness (QED) is 0.656. The normalized spacial score (nSPS) is 11.0. The Hall–Kier alpha value is -1.97. The van der Waals surface area contributed by atoms with E-state index in [-0.39, 0.29) is 5.75 Å². The van der Waals surface area contributed by atoms with Gasteiger partial charge in [-0.05, 0) is 42.3 Å². The van der Waals surface area contributed by atoms with Gasteiger partial charge in [0.05, 0.1) is 10.6 Å². The number of hydrogen-bond donors (Lipinski definition) is 1. The van der Waals surface area contributed by atoms with Crippen LogP contribution in [0.25, 0.3) is 22.1 Å². The predicted octanol–water partition coefficient (Wildman–Crippen LogP) is 4.78. The number of halogens is 2. The van der Waals surface area contributed by atoms with Gasteiger partial charge < -0.3 is 9.52 Å². The summed E-state index contributed by atoms with van der Waals surface area (Å²) >= 11 is 12.1. The lowest BCUT2D eigenvalue weighted by Crippen LogP contribution is -2.06. The zero-order valence-electron chi connectivity index (χ0n) is 11.0. The average molecular weight is 321 g/mol. The van der Waals surface area contributed by atoms with Gasteiger partial charge in [-0.1, -0.05) is 35.3 Å². The molecule has 0 atom stereocenters. The van der Waals surface area contributed by atoms with Crippen molar-refractivity contribution in [2.24, 2.45) is 0 Å². The summed E-state index contributed by atoms with van der Waals surface area (Å²) in [5, 5.41) is 10.8. The second kappa shape index (κ2) is 5.10. The fourth-order valence-electron chi connectivity index (χ4n) is 2.34. The van der Waals surface area contributed by atoms with E-state index in [2.05, 4.69) is 0 Å². The molecule has 0 saturated heterocycles. The van der Waals surface area contributed by atoms with E-state index in [4.69, 9.17) is 27.6 Å². The Morgan fingerprint density at radius 1 is 1.10 bits per heavy atom. The summed E-state index contributed by atoms with van der Waals surface area (Å²) in [7, 11) is 0. The van der Waals surface area contributed by atoms with Crippen LogP contribution in [0.15, 0.2) is 45.6 Å². The Labute approximate surface area is 130 Å². The minimum absolute atomic E-state index is 0.132. The summed E-state index contributed by atoms with van der Waals surface area (Å²) in [6, 6.07) is 9.60. The van der Waals surface area contributed by atoms with Crippen LogP contribution in [0.5, 0.6) is 5.75 Å². The Balaban J connectivity index is 2.39. The number of aromatic hydroxyl groups is 1. The Morgan fingerprint density at radius 2 is 1.76 bits per heavy atom. The molecule has 1 aromatic heterocycles. The summed E-state index contributed by atoms with van der Waals surface area (Å²) in [5.41, 5.74) is 1.68. The molecule has 5 heteroatoms. The van der Waals surface area contributed by atoms with Gasteiger partial charge in [-0.2, -0.15) is 0 Å². The van der Waals surface area contributed by atoms with E-state index in [1.807, 2.05) is 6.92 Å². The highest BCUT2D eigenvalue weighted by Gasteiger charge is 2.15. The average Bonchev–Trinajstić information content (AvgIpc) is 2.42. The first kappa shape index (κ1) is 14.0. The molecule has 0 unspecified atom stereocenters. The van der Waals surface area contributed by atoms with Gasteiger partial charge in [-0.15, -0.1) is 0 Å². The van der Waals surface area contributed by atoms with Gasteiger partial charge in [-0.25, -0.2) is 4.79 Å². The number of aryl methyl sites for hydroxylation is 1. The first-order valence-electron chi connectivity index (χ1n) is 6.19. The van der Waals surface area contributed by atoms with E-state index in [0.29, 0.717) is 32.1 Å². The summed E-state index contributed by atoms with van der Waals surface area (Å²) < 4.78 is 5.34. The van der Waals surface area contributed by atoms with Gasteiger partial charge in [0.25, 0.3) is 0 Å². The zero-order valence-corrected chi connectivity index (χ0v) is 12.5. The molecule has 0 radical (unpaired) electrons. The Morgan fingerprint density at radius 3 is 2.43 bits per heavy atom. The molecule has 3 aromatic rings. The number of phenolic OH excluding ortho intramolecular Hbond substituents is 1. The van der Waals surface area contributed by atoms with Crippen LogP contribution in [0.3, 0.4) is 0 Å². The lowest BCUT2D eigenvalue weighted by Gasteiger charge is -2.09. The summed E-state index contributed by atoms with van der Waals surface area (Å²) in [5.74, 6) is 0.132. The van der Waals surface area contributed by atoms with Gasteiger partial charge in [0.1, 0.15) is 5.75 Å². The Bertz CT molecular complexity index is 896. The first-order chi connectivity index (χ1) is 9.97. The third-order valence-electron chi connectivity index (χ3n) is 3.34. The summed E-state index contributed by atoms with van der Waals surface area (Å²) in [6.07, 6.45) is 0. The van der Waals surface area contributed by atoms with Gasteiger partial charge in [0, 0.05) is 10.4 Å². The molecule has 0 aliphatic carbocycles. The molecule has 0 aliphatic heterocycles. The van der Waals surface area contributed by atoms with E-state index in [9.17, 15) is 9.90 Å². The smallest absolute Gasteiger partial charge is 0.344 e. The molecule has 0 aliphatic rings. The van der Waals surface area contributed by atoms with Crippen molar-refractivity contribution in [3.63, 3.8) is 0 Å². The predicted molar refractivity (Wildman–Crippen MR) is 84.3 cm³/mol. The molecule has 1 N–H and O–H groups in total. The molecule has 0 amide bonds. The standard InChI is InChI=1S/C16H10Cl2O3/c1-8-12-6-10(17)7-13(18)15(12)21-16(20)14(8)9-2-4-11(19)5-3-9/h2-7,19H,1H3. The lowest BCUT2D eigenvalue weighted by molar-refractivity contribution is 0.475. The van der Waals surface area contributed by atoms with Crippen LogP contribution in [-0.2, 0) is 0 Å². The molecule has 2 aromatic carbocycles. The van der Waals surface area contributed by atoms with Crippen molar-refractivity contribution < 1.29 is 9.52 Å². The zero-order chi connectivity index (χ0) is 15.1. The Kier molecular flexibility index (Phi) is 3.40. The van der Waals surface area contributed by atoms with Crippen molar-refractivity contribution >= 4 is 34.2 Å². The van der Waals surface area contributed by atoms with E-state index in [0.717, 1.165) is 5.56 Å². The lowest BCUT2D eigenvalue weighted by atomic mass is 9.99. The van der Waals surface area contributed by atoms with E-state index in [1.54, 1.807) is 18.2 Å². The highest BCUT2D eigenvalue weighted by atomic mass is 35.5. The van der Waals surface area contributed by atoms with Crippen LogP contribution in [0.4, 0.5) is 0 Å². The molecule has 0 saturated carbocycles. The monoisotopic (exact) mass is 320 g/mol. The highest BCUT2D eigenvalue weighted by molar-refractivity contribution is 6.38. The van der Waals surface area contributed by atoms with Gasteiger partial charge in [-0.3, -0.25) is 0 Å². The van der Waals surface area contributed by atoms with Crippen LogP contribution >= 0.6 is 23.2 Å². The molecule has 0 spiro atoms. The fraction of sp³-hybridized carbons (Fsp3) is 0.0625. The minimum Gasteiger partial charge on any atom is -0.508 e. The number of phenols is 1. The second-order valence-electron chi connectivity index (χ2n) is 4.70. The third kappa shape index (κ3) is 2.39. The maximum Gasteiger partial charge on any atom is 0.344 e. The van der Waals surface area contributed by atoms with Crippen LogP contribution in [0.1, 0.15) is 5.56 Å². The number of hydrogen-bond acceptors (Lipinski definition) is 3. The van der Waals surface area contributed by atoms with Crippen molar-refractivity contribution in [1.82, 2.24) is 0 Å². The summed E-state index contributed by atoms with van der Waals surface area (Å²) in [4.78, 5) is 12.3. The fourth-order valence-corrected chi connectivity index (χ4v) is 2.87. The number of fused-ring (bicyclic) bond motifs is 1. The van der Waals surface area contributed by atoms with Crippen molar-refractivity contribution in [2.45, 2.75) is 6.92 Å². The van der Waals surface area contributed by atoms with Crippen molar-refractivity contribution in [3.05, 3.63) is 62.4 Å². The summed E-state index contributed by atoms with van der Waals surface area (Å²) in [6.45, 7) is 1.81. The number of benzene rings is 2. The van der Waals surface area contributed by atoms with Crippen molar-refractivity contribution in [1.29, 1.82) is 0 Å². The molecule has 1 heterocycles. The molecule has 3 rings (SSSR count). The van der Waals surface area contributed by atoms with E-state index in [1.165, 1.54) is 18.2 Å². The topological polar surface area (TPSA) is 50.4 Å². The van der Waals surface area contributed by atoms with Crippen LogP contribution in [-0.4, -0.2) is 5.11 Å². The molecule has 21 heavy (non-hydrogen) atoms. The van der Waals surface area contributed by atoms with Crippen molar-refractivity contribution in [3.8, 4) is 16.9 Å². The third-order valence-corrected chi connectivity index (χ3v) is 3.84. The number of rotatable bonds is 1. The SMILES string of the molecule is Cc1c(-c2ccc(O)cc2)c(=O)oc2c(Cl)cc(Cl)cc12. The van der Waals surface area contributed by atoms with Gasteiger partial charge >= 0.3 is 5.63 Å². The maximum atomic E-state index is 12.3. The van der Waals surface area contributed by atoms with Crippen LogP contribution in [0, 0.1) is 6.92 Å². The molecular formula is C16H10Cl2O3. The second-order valence-corrected chi connectivity index (χ2v) is 5.54. The van der Waals surface area contributed by atoms with Crippen LogP contribution in [0.2, 0.25) is 10.0 Å². The molecule has 0 fully saturated rings.